The Morgan fingerprint density at radius 3 is 2.85 bits per heavy atom. The van der Waals surface area contributed by atoms with Gasteiger partial charge in [0.25, 0.3) is 0 Å². The number of halogens is 1. The number of ether oxygens (including phenoxy) is 1. The molecule has 0 bridgehead atoms. The summed E-state index contributed by atoms with van der Waals surface area (Å²) < 4.78 is 19.1. The number of hydrogen-bond donors (Lipinski definition) is 1. The van der Waals surface area contributed by atoms with Crippen molar-refractivity contribution in [2.75, 3.05) is 11.9 Å². The Balaban J connectivity index is 2.10. The summed E-state index contributed by atoms with van der Waals surface area (Å²) in [6.45, 7) is 7.10. The Morgan fingerprint density at radius 1 is 1.50 bits per heavy atom. The van der Waals surface area contributed by atoms with Crippen LogP contribution in [0.1, 0.15) is 39.2 Å². The zero-order chi connectivity index (χ0) is 14.8. The lowest BCUT2D eigenvalue weighted by Crippen LogP contribution is -2.59. The monoisotopic (exact) mass is 276 g/mol. The second-order valence-electron chi connectivity index (χ2n) is 5.54. The fourth-order valence-electron chi connectivity index (χ4n) is 2.88. The van der Waals surface area contributed by atoms with Crippen LogP contribution < -0.4 is 5.32 Å². The van der Waals surface area contributed by atoms with E-state index in [0.29, 0.717) is 6.04 Å². The van der Waals surface area contributed by atoms with Gasteiger partial charge in [0.1, 0.15) is 11.9 Å². The van der Waals surface area contributed by atoms with Crippen LogP contribution in [-0.4, -0.2) is 18.8 Å². The van der Waals surface area contributed by atoms with Crippen molar-refractivity contribution in [1.82, 2.24) is 0 Å². The van der Waals surface area contributed by atoms with Crippen molar-refractivity contribution in [3.63, 3.8) is 0 Å². The molecule has 0 saturated heterocycles. The summed E-state index contributed by atoms with van der Waals surface area (Å²) in [5, 5.41) is 12.3. The molecule has 4 heteroatoms. The third-order valence-electron chi connectivity index (χ3n) is 4.54. The van der Waals surface area contributed by atoms with E-state index in [-0.39, 0.29) is 17.1 Å². The molecular weight excluding hydrogens is 255 g/mol. The molecule has 1 aliphatic rings. The van der Waals surface area contributed by atoms with E-state index < -0.39 is 5.82 Å². The Kier molecular flexibility index (Phi) is 4.29. The van der Waals surface area contributed by atoms with Gasteiger partial charge in [-0.1, -0.05) is 13.8 Å². The molecule has 0 aromatic heterocycles. The topological polar surface area (TPSA) is 45.0 Å². The first-order valence-corrected chi connectivity index (χ1v) is 7.13. The molecule has 3 atom stereocenters. The molecule has 1 aromatic carbocycles. The van der Waals surface area contributed by atoms with E-state index >= 15 is 0 Å². The highest BCUT2D eigenvalue weighted by Crippen LogP contribution is 2.47. The van der Waals surface area contributed by atoms with Gasteiger partial charge in [-0.2, -0.15) is 5.26 Å². The van der Waals surface area contributed by atoms with E-state index in [0.717, 1.165) is 25.1 Å². The summed E-state index contributed by atoms with van der Waals surface area (Å²) >= 11 is 0. The molecule has 108 valence electrons. The highest BCUT2D eigenvalue weighted by Gasteiger charge is 2.51. The molecule has 1 fully saturated rings. The third kappa shape index (κ3) is 2.51. The molecule has 0 aliphatic heterocycles. The zero-order valence-electron chi connectivity index (χ0n) is 12.2. The number of benzene rings is 1. The van der Waals surface area contributed by atoms with E-state index in [1.807, 2.05) is 13.0 Å². The van der Waals surface area contributed by atoms with Crippen LogP contribution in [0.25, 0.3) is 0 Å². The van der Waals surface area contributed by atoms with Gasteiger partial charge in [-0.15, -0.1) is 0 Å². The summed E-state index contributed by atoms with van der Waals surface area (Å²) in [7, 11) is 0. The first kappa shape index (κ1) is 14.8. The average molecular weight is 276 g/mol. The van der Waals surface area contributed by atoms with E-state index in [2.05, 4.69) is 19.2 Å². The van der Waals surface area contributed by atoms with E-state index in [1.54, 1.807) is 12.1 Å². The molecule has 3 nitrogen and oxygen atoms in total. The lowest BCUT2D eigenvalue weighted by Gasteiger charge is -2.54. The summed E-state index contributed by atoms with van der Waals surface area (Å²) in [6, 6.07) is 6.75. The normalized spacial score (nSPS) is 28.6. The van der Waals surface area contributed by atoms with Gasteiger partial charge in [-0.3, -0.25) is 0 Å². The number of rotatable bonds is 5. The van der Waals surface area contributed by atoms with E-state index in [9.17, 15) is 4.39 Å². The molecule has 1 N–H and O–H groups in total. The minimum atomic E-state index is -0.475. The van der Waals surface area contributed by atoms with Crippen molar-refractivity contribution in [3.8, 4) is 6.07 Å². The smallest absolute Gasteiger partial charge is 0.141 e. The van der Waals surface area contributed by atoms with Crippen molar-refractivity contribution in [2.45, 2.75) is 45.8 Å². The predicted octanol–water partition coefficient (Wildman–Crippen LogP) is 3.70. The van der Waals surface area contributed by atoms with Gasteiger partial charge in [0, 0.05) is 23.8 Å². The van der Waals surface area contributed by atoms with Crippen LogP contribution >= 0.6 is 0 Å². The quantitative estimate of drug-likeness (QED) is 0.891. The Morgan fingerprint density at radius 2 is 2.25 bits per heavy atom. The van der Waals surface area contributed by atoms with Crippen molar-refractivity contribution in [2.24, 2.45) is 5.41 Å². The molecule has 2 rings (SSSR count). The molecule has 20 heavy (non-hydrogen) atoms. The Hall–Kier alpha value is -1.60. The summed E-state index contributed by atoms with van der Waals surface area (Å²) in [5.41, 5.74) is 0.952. The maximum Gasteiger partial charge on any atom is 0.141 e. The van der Waals surface area contributed by atoms with Gasteiger partial charge in [0.15, 0.2) is 0 Å². The number of nitrogens with one attached hydrogen (secondary N) is 1. The summed E-state index contributed by atoms with van der Waals surface area (Å²) in [6.07, 6.45) is 2.23. The molecular formula is C16H21FN2O. The zero-order valence-corrected chi connectivity index (χ0v) is 12.2. The van der Waals surface area contributed by atoms with Crippen LogP contribution in [-0.2, 0) is 4.74 Å². The lowest BCUT2D eigenvalue weighted by atomic mass is 9.61. The second kappa shape index (κ2) is 5.80. The molecule has 3 unspecified atom stereocenters. The van der Waals surface area contributed by atoms with Crippen molar-refractivity contribution in [1.29, 1.82) is 5.26 Å². The molecule has 1 aromatic rings. The van der Waals surface area contributed by atoms with E-state index in [4.69, 9.17) is 10.00 Å². The molecule has 0 spiro atoms. The lowest BCUT2D eigenvalue weighted by molar-refractivity contribution is -0.109. The predicted molar refractivity (Wildman–Crippen MR) is 77.0 cm³/mol. The Bertz CT molecular complexity index is 526. The highest BCUT2D eigenvalue weighted by atomic mass is 19.1. The van der Waals surface area contributed by atoms with Gasteiger partial charge < -0.3 is 10.1 Å². The second-order valence-corrected chi connectivity index (χ2v) is 5.54. The SMILES string of the molecule is CCOC1CC(Nc2ccc(F)c(C#N)c2)C1(C)CC. The largest absolute Gasteiger partial charge is 0.382 e. The van der Waals surface area contributed by atoms with Crippen LogP contribution in [0.2, 0.25) is 0 Å². The van der Waals surface area contributed by atoms with Gasteiger partial charge in [0.05, 0.1) is 11.7 Å². The van der Waals surface area contributed by atoms with Crippen molar-refractivity contribution in [3.05, 3.63) is 29.6 Å². The molecule has 1 aliphatic carbocycles. The minimum Gasteiger partial charge on any atom is -0.382 e. The first-order valence-electron chi connectivity index (χ1n) is 7.13. The fourth-order valence-corrected chi connectivity index (χ4v) is 2.88. The van der Waals surface area contributed by atoms with Crippen LogP contribution in [0.4, 0.5) is 10.1 Å². The van der Waals surface area contributed by atoms with Gasteiger partial charge in [-0.05, 0) is 38.0 Å². The van der Waals surface area contributed by atoms with E-state index in [1.165, 1.54) is 6.07 Å². The Labute approximate surface area is 119 Å². The van der Waals surface area contributed by atoms with Gasteiger partial charge >= 0.3 is 0 Å². The van der Waals surface area contributed by atoms with Gasteiger partial charge in [-0.25, -0.2) is 4.39 Å². The summed E-state index contributed by atoms with van der Waals surface area (Å²) in [5.74, 6) is -0.475. The standard InChI is InChI=1S/C16H21FN2O/c1-4-16(3)14(9-15(16)20-5-2)19-12-6-7-13(17)11(8-12)10-18/h6-8,14-15,19H,4-5,9H2,1-3H3. The van der Waals surface area contributed by atoms with Crippen LogP contribution in [0.5, 0.6) is 0 Å². The molecule has 1 saturated carbocycles. The van der Waals surface area contributed by atoms with Gasteiger partial charge in [0.2, 0.25) is 0 Å². The number of nitrogens with zero attached hydrogens (tertiary/aromatic N) is 1. The molecule has 0 heterocycles. The average Bonchev–Trinajstić information content (AvgIpc) is 2.46. The molecule has 0 radical (unpaired) electrons. The van der Waals surface area contributed by atoms with Crippen LogP contribution in [0, 0.1) is 22.6 Å². The first-order chi connectivity index (χ1) is 9.55. The maximum atomic E-state index is 13.3. The number of hydrogen-bond acceptors (Lipinski definition) is 3. The number of anilines is 1. The fraction of sp³-hybridized carbons (Fsp3) is 0.562. The third-order valence-corrected chi connectivity index (χ3v) is 4.54. The minimum absolute atomic E-state index is 0.0777. The highest BCUT2D eigenvalue weighted by molar-refractivity contribution is 5.51. The van der Waals surface area contributed by atoms with Crippen LogP contribution in [0.3, 0.4) is 0 Å². The maximum absolute atomic E-state index is 13.3. The van der Waals surface area contributed by atoms with Crippen LogP contribution in [0.15, 0.2) is 18.2 Å². The van der Waals surface area contributed by atoms with Crippen molar-refractivity contribution < 1.29 is 9.13 Å². The van der Waals surface area contributed by atoms with Crippen molar-refractivity contribution >= 4 is 5.69 Å². The number of nitriles is 1. The molecule has 0 amide bonds. The summed E-state index contributed by atoms with van der Waals surface area (Å²) in [4.78, 5) is 0.